The zero-order valence-electron chi connectivity index (χ0n) is 12.7. The summed E-state index contributed by atoms with van der Waals surface area (Å²) in [4.78, 5) is 6.32. The van der Waals surface area contributed by atoms with Crippen molar-refractivity contribution in [3.05, 3.63) is 46.6 Å². The van der Waals surface area contributed by atoms with Crippen molar-refractivity contribution in [1.82, 2.24) is 4.98 Å². The molecule has 1 aromatic carbocycles. The number of benzene rings is 1. The molecule has 0 aliphatic carbocycles. The highest BCUT2D eigenvalue weighted by Crippen LogP contribution is 2.34. The molecule has 5 heteroatoms. The predicted molar refractivity (Wildman–Crippen MR) is 91.3 cm³/mol. The fraction of sp³-hybridized carbons (Fsp3) is 0.312. The topological polar surface area (TPSA) is 37.4 Å². The second kappa shape index (κ2) is 6.80. The molecule has 0 saturated carbocycles. The lowest BCUT2D eigenvalue weighted by Crippen LogP contribution is -2.15. The van der Waals surface area contributed by atoms with Gasteiger partial charge in [0.25, 0.3) is 0 Å². The number of hydrogen-bond donors (Lipinski definition) is 1. The zero-order valence-corrected chi connectivity index (χ0v) is 14.3. The quantitative estimate of drug-likeness (QED) is 0.881. The Kier molecular flexibility index (Phi) is 5.07. The van der Waals surface area contributed by atoms with Crippen molar-refractivity contribution in [2.75, 3.05) is 31.4 Å². The number of pyridine rings is 1. The van der Waals surface area contributed by atoms with Crippen molar-refractivity contribution < 1.29 is 4.74 Å². The minimum Gasteiger partial charge on any atom is -0.479 e. The molecule has 1 heterocycles. The van der Waals surface area contributed by atoms with Crippen molar-refractivity contribution >= 4 is 27.3 Å². The number of aromatic nitrogens is 1. The summed E-state index contributed by atoms with van der Waals surface area (Å²) in [6.45, 7) is 2.12. The molecule has 2 rings (SSSR count). The van der Waals surface area contributed by atoms with Gasteiger partial charge in [-0.05, 0) is 30.7 Å². The molecular weight excluding hydrogens is 330 g/mol. The van der Waals surface area contributed by atoms with Crippen LogP contribution in [0.1, 0.15) is 18.5 Å². The van der Waals surface area contributed by atoms with Crippen molar-refractivity contribution in [3.63, 3.8) is 0 Å². The van der Waals surface area contributed by atoms with E-state index in [1.807, 2.05) is 37.2 Å². The Morgan fingerprint density at radius 3 is 2.43 bits per heavy atom. The summed E-state index contributed by atoms with van der Waals surface area (Å²) in [6, 6.07) is 10.4. The van der Waals surface area contributed by atoms with Crippen LogP contribution in [0.4, 0.5) is 11.4 Å². The molecule has 112 valence electrons. The van der Waals surface area contributed by atoms with E-state index in [0.717, 1.165) is 15.8 Å². The summed E-state index contributed by atoms with van der Waals surface area (Å²) < 4.78 is 6.46. The van der Waals surface area contributed by atoms with Gasteiger partial charge in [0.05, 0.1) is 12.8 Å². The molecule has 0 aliphatic heterocycles. The van der Waals surface area contributed by atoms with Gasteiger partial charge in [-0.2, -0.15) is 0 Å². The minimum atomic E-state index is 0.148. The highest BCUT2D eigenvalue weighted by Gasteiger charge is 2.15. The number of ether oxygens (including phenoxy) is 1. The lowest BCUT2D eigenvalue weighted by molar-refractivity contribution is 0.399. The first-order valence-corrected chi connectivity index (χ1v) is 7.54. The monoisotopic (exact) mass is 349 g/mol. The van der Waals surface area contributed by atoms with Crippen molar-refractivity contribution in [2.45, 2.75) is 13.0 Å². The van der Waals surface area contributed by atoms with Crippen LogP contribution in [0.3, 0.4) is 0 Å². The predicted octanol–water partition coefficient (Wildman–Crippen LogP) is 4.09. The second-order valence-electron chi connectivity index (χ2n) is 5.03. The maximum absolute atomic E-state index is 5.38. The van der Waals surface area contributed by atoms with E-state index in [0.29, 0.717) is 5.88 Å². The Balaban J connectivity index is 2.31. The number of methoxy groups -OCH3 is 1. The molecule has 0 fully saturated rings. The molecule has 21 heavy (non-hydrogen) atoms. The molecule has 0 aliphatic rings. The van der Waals surface area contributed by atoms with Gasteiger partial charge in [0.1, 0.15) is 5.69 Å². The molecule has 0 radical (unpaired) electrons. The van der Waals surface area contributed by atoms with E-state index in [-0.39, 0.29) is 6.04 Å². The number of nitrogens with one attached hydrogen (secondary N) is 1. The van der Waals surface area contributed by atoms with Gasteiger partial charge in [-0.1, -0.05) is 28.1 Å². The number of anilines is 2. The molecular formula is C16H20BrN3O. The first-order chi connectivity index (χ1) is 10.0. The number of halogens is 1. The van der Waals surface area contributed by atoms with Gasteiger partial charge in [-0.3, -0.25) is 0 Å². The normalized spacial score (nSPS) is 11.9. The van der Waals surface area contributed by atoms with Crippen LogP contribution in [0.25, 0.3) is 0 Å². The lowest BCUT2D eigenvalue weighted by Gasteiger charge is -2.23. The van der Waals surface area contributed by atoms with Crippen LogP contribution in [0.5, 0.6) is 5.88 Å². The first kappa shape index (κ1) is 15.6. The van der Waals surface area contributed by atoms with Gasteiger partial charge in [0.2, 0.25) is 5.88 Å². The van der Waals surface area contributed by atoms with E-state index >= 15 is 0 Å². The Morgan fingerprint density at radius 2 is 1.86 bits per heavy atom. The largest absolute Gasteiger partial charge is 0.479 e. The Labute approximate surface area is 134 Å². The highest BCUT2D eigenvalue weighted by molar-refractivity contribution is 9.10. The number of rotatable bonds is 5. The molecule has 0 amide bonds. The average molecular weight is 350 g/mol. The summed E-state index contributed by atoms with van der Waals surface area (Å²) in [7, 11) is 5.64. The van der Waals surface area contributed by atoms with E-state index in [4.69, 9.17) is 4.74 Å². The molecule has 0 spiro atoms. The third-order valence-corrected chi connectivity index (χ3v) is 3.83. The van der Waals surface area contributed by atoms with Crippen LogP contribution >= 0.6 is 15.9 Å². The van der Waals surface area contributed by atoms with Crippen molar-refractivity contribution in [1.29, 1.82) is 0 Å². The summed E-state index contributed by atoms with van der Waals surface area (Å²) in [5.74, 6) is 0.602. The fourth-order valence-electron chi connectivity index (χ4n) is 2.15. The van der Waals surface area contributed by atoms with Crippen LogP contribution in [0.2, 0.25) is 0 Å². The molecule has 2 aromatic rings. The standard InChI is InChI=1S/C16H20BrN3O/c1-11(12-5-7-13(17)8-6-12)19-15-14(20(2)3)9-10-18-16(15)21-4/h5-11,19H,1-4H3. The van der Waals surface area contributed by atoms with Crippen LogP contribution < -0.4 is 15.0 Å². The number of nitrogens with zero attached hydrogens (tertiary/aromatic N) is 2. The maximum atomic E-state index is 5.38. The van der Waals surface area contributed by atoms with Gasteiger partial charge in [-0.25, -0.2) is 4.98 Å². The second-order valence-corrected chi connectivity index (χ2v) is 5.94. The molecule has 1 atom stereocenters. The Morgan fingerprint density at radius 1 is 1.19 bits per heavy atom. The van der Waals surface area contributed by atoms with Gasteiger partial charge < -0.3 is 15.0 Å². The van der Waals surface area contributed by atoms with Crippen LogP contribution in [-0.2, 0) is 0 Å². The van der Waals surface area contributed by atoms with E-state index in [1.54, 1.807) is 13.3 Å². The van der Waals surface area contributed by atoms with E-state index < -0.39 is 0 Å². The van der Waals surface area contributed by atoms with Gasteiger partial charge in [-0.15, -0.1) is 0 Å². The minimum absolute atomic E-state index is 0.148. The molecule has 1 unspecified atom stereocenters. The SMILES string of the molecule is COc1nccc(N(C)C)c1NC(C)c1ccc(Br)cc1. The van der Waals surface area contributed by atoms with Gasteiger partial charge in [0, 0.05) is 30.8 Å². The third-order valence-electron chi connectivity index (χ3n) is 3.30. The summed E-state index contributed by atoms with van der Waals surface area (Å²) in [5.41, 5.74) is 3.15. The summed E-state index contributed by atoms with van der Waals surface area (Å²) in [5, 5.41) is 3.50. The van der Waals surface area contributed by atoms with E-state index in [1.165, 1.54) is 5.56 Å². The molecule has 0 saturated heterocycles. The molecule has 0 bridgehead atoms. The van der Waals surface area contributed by atoms with Crippen LogP contribution in [-0.4, -0.2) is 26.2 Å². The van der Waals surface area contributed by atoms with Gasteiger partial charge in [0.15, 0.2) is 0 Å². The van der Waals surface area contributed by atoms with E-state index in [2.05, 4.69) is 45.3 Å². The van der Waals surface area contributed by atoms with E-state index in [9.17, 15) is 0 Å². The van der Waals surface area contributed by atoms with Crippen molar-refractivity contribution in [3.8, 4) is 5.88 Å². The van der Waals surface area contributed by atoms with Crippen LogP contribution in [0, 0.1) is 0 Å². The number of hydrogen-bond acceptors (Lipinski definition) is 4. The summed E-state index contributed by atoms with van der Waals surface area (Å²) >= 11 is 3.46. The zero-order chi connectivity index (χ0) is 15.4. The molecule has 4 nitrogen and oxygen atoms in total. The third kappa shape index (κ3) is 3.67. The Bertz CT molecular complexity index is 599. The summed E-state index contributed by atoms with van der Waals surface area (Å²) in [6.07, 6.45) is 1.75. The highest BCUT2D eigenvalue weighted by atomic mass is 79.9. The lowest BCUT2D eigenvalue weighted by atomic mass is 10.1. The first-order valence-electron chi connectivity index (χ1n) is 6.75. The van der Waals surface area contributed by atoms with Gasteiger partial charge >= 0.3 is 0 Å². The average Bonchev–Trinajstić information content (AvgIpc) is 2.47. The van der Waals surface area contributed by atoms with Crippen LogP contribution in [0.15, 0.2) is 41.0 Å². The maximum Gasteiger partial charge on any atom is 0.239 e. The Hall–Kier alpha value is -1.75. The fourth-order valence-corrected chi connectivity index (χ4v) is 2.41. The smallest absolute Gasteiger partial charge is 0.239 e. The molecule has 1 aromatic heterocycles. The molecule has 1 N–H and O–H groups in total. The van der Waals surface area contributed by atoms with Crippen molar-refractivity contribution in [2.24, 2.45) is 0 Å².